The molecule has 3 atom stereocenters. The van der Waals surface area contributed by atoms with Gasteiger partial charge in [0.2, 0.25) is 5.91 Å². The summed E-state index contributed by atoms with van der Waals surface area (Å²) in [5, 5.41) is 2.88. The van der Waals surface area contributed by atoms with Gasteiger partial charge in [0.15, 0.2) is 11.5 Å². The second kappa shape index (κ2) is 8.47. The first kappa shape index (κ1) is 19.2. The average molecular weight is 388 g/mol. The molecule has 0 aromatic carbocycles. The summed E-state index contributed by atoms with van der Waals surface area (Å²) in [6.45, 7) is 0.609. The molecular formula is C21H28N2O5. The molecule has 1 aliphatic carbocycles. The van der Waals surface area contributed by atoms with Crippen LogP contribution in [0.2, 0.25) is 0 Å². The first-order chi connectivity index (χ1) is 13.6. The van der Waals surface area contributed by atoms with Gasteiger partial charge in [-0.1, -0.05) is 32.1 Å². The summed E-state index contributed by atoms with van der Waals surface area (Å²) in [7, 11) is 0. The Kier molecular flexibility index (Phi) is 5.80. The van der Waals surface area contributed by atoms with E-state index < -0.39 is 12.1 Å². The Labute approximate surface area is 164 Å². The number of ketones is 1. The molecule has 2 saturated heterocycles. The van der Waals surface area contributed by atoms with Crippen molar-refractivity contribution in [3.63, 3.8) is 0 Å². The number of carbonyl (C=O) groups is 3. The highest BCUT2D eigenvalue weighted by atomic mass is 16.5. The van der Waals surface area contributed by atoms with E-state index in [4.69, 9.17) is 9.15 Å². The molecule has 1 saturated carbocycles. The highest BCUT2D eigenvalue weighted by Gasteiger charge is 2.46. The minimum Gasteiger partial charge on any atom is -0.459 e. The zero-order valence-corrected chi connectivity index (χ0v) is 16.1. The number of fused-ring (bicyclic) bond motifs is 1. The molecule has 4 rings (SSSR count). The summed E-state index contributed by atoms with van der Waals surface area (Å²) < 4.78 is 10.8. The van der Waals surface area contributed by atoms with E-state index in [0.717, 1.165) is 25.7 Å². The third-order valence-corrected chi connectivity index (χ3v) is 6.27. The van der Waals surface area contributed by atoms with Gasteiger partial charge in [0.1, 0.15) is 18.7 Å². The SMILES string of the molecule is O=C(NC(CC1CCCCC1)C(=O)N1CCCC2OCC(=O)C21)c1ccco1. The maximum absolute atomic E-state index is 13.4. The molecule has 2 aliphatic heterocycles. The van der Waals surface area contributed by atoms with Crippen LogP contribution in [0.3, 0.4) is 0 Å². The monoisotopic (exact) mass is 388 g/mol. The standard InChI is InChI=1S/C21H28N2O5/c24-16-13-28-17-8-4-10-23(19(16)17)21(26)15(12-14-6-2-1-3-7-14)22-20(25)18-9-5-11-27-18/h5,9,11,14-15,17,19H,1-4,6-8,10,12-13H2,(H,22,25). The first-order valence-electron chi connectivity index (χ1n) is 10.4. The lowest BCUT2D eigenvalue weighted by Gasteiger charge is -2.38. The van der Waals surface area contributed by atoms with Crippen molar-refractivity contribution < 1.29 is 23.5 Å². The van der Waals surface area contributed by atoms with Crippen molar-refractivity contribution in [2.24, 2.45) is 5.92 Å². The lowest BCUT2D eigenvalue weighted by atomic mass is 9.84. The Morgan fingerprint density at radius 2 is 2.00 bits per heavy atom. The molecule has 1 aromatic rings. The molecule has 0 bridgehead atoms. The van der Waals surface area contributed by atoms with Crippen molar-refractivity contribution in [1.82, 2.24) is 10.2 Å². The fourth-order valence-corrected chi connectivity index (χ4v) is 4.85. The zero-order chi connectivity index (χ0) is 19.5. The maximum Gasteiger partial charge on any atom is 0.287 e. The topological polar surface area (TPSA) is 88.9 Å². The number of nitrogens with zero attached hydrogens (tertiary/aromatic N) is 1. The smallest absolute Gasteiger partial charge is 0.287 e. The van der Waals surface area contributed by atoms with Crippen molar-refractivity contribution >= 4 is 17.6 Å². The normalized spacial score (nSPS) is 26.7. The van der Waals surface area contributed by atoms with Crippen LogP contribution in [0.25, 0.3) is 0 Å². The highest BCUT2D eigenvalue weighted by Crippen LogP contribution is 2.30. The third-order valence-electron chi connectivity index (χ3n) is 6.27. The lowest BCUT2D eigenvalue weighted by Crippen LogP contribution is -2.58. The molecule has 1 aromatic heterocycles. The second-order valence-corrected chi connectivity index (χ2v) is 8.18. The van der Waals surface area contributed by atoms with Gasteiger partial charge >= 0.3 is 0 Å². The Morgan fingerprint density at radius 1 is 1.18 bits per heavy atom. The number of nitrogens with one attached hydrogen (secondary N) is 1. The fraction of sp³-hybridized carbons (Fsp3) is 0.667. The van der Waals surface area contributed by atoms with Crippen molar-refractivity contribution in [3.05, 3.63) is 24.2 Å². The first-order valence-corrected chi connectivity index (χ1v) is 10.4. The molecule has 28 heavy (non-hydrogen) atoms. The van der Waals surface area contributed by atoms with E-state index in [2.05, 4.69) is 5.32 Å². The number of likely N-dealkylation sites (tertiary alicyclic amines) is 1. The molecule has 1 N–H and O–H groups in total. The van der Waals surface area contributed by atoms with Crippen LogP contribution in [0.15, 0.2) is 22.8 Å². The van der Waals surface area contributed by atoms with Gasteiger partial charge in [-0.05, 0) is 37.3 Å². The Hall–Kier alpha value is -2.15. The summed E-state index contributed by atoms with van der Waals surface area (Å²) in [5.74, 6) is 0.0153. The van der Waals surface area contributed by atoms with Crippen LogP contribution < -0.4 is 5.32 Å². The number of piperidine rings is 1. The van der Waals surface area contributed by atoms with Gasteiger partial charge in [0.25, 0.3) is 5.91 Å². The largest absolute Gasteiger partial charge is 0.459 e. The minimum absolute atomic E-state index is 0.0353. The predicted molar refractivity (Wildman–Crippen MR) is 101 cm³/mol. The Bertz CT molecular complexity index is 710. The lowest BCUT2D eigenvalue weighted by molar-refractivity contribution is -0.142. The summed E-state index contributed by atoms with van der Waals surface area (Å²) in [6.07, 6.45) is 9.16. The van der Waals surface area contributed by atoms with Crippen LogP contribution >= 0.6 is 0 Å². The molecule has 0 spiro atoms. The van der Waals surface area contributed by atoms with Gasteiger partial charge in [0, 0.05) is 6.54 Å². The molecule has 3 unspecified atom stereocenters. The summed E-state index contributed by atoms with van der Waals surface area (Å²) in [5.41, 5.74) is 0. The molecule has 7 nitrogen and oxygen atoms in total. The van der Waals surface area contributed by atoms with E-state index in [1.807, 2.05) is 0 Å². The molecule has 7 heteroatoms. The molecule has 2 amide bonds. The van der Waals surface area contributed by atoms with Crippen molar-refractivity contribution in [3.8, 4) is 0 Å². The number of hydrogen-bond acceptors (Lipinski definition) is 5. The fourth-order valence-electron chi connectivity index (χ4n) is 4.85. The van der Waals surface area contributed by atoms with E-state index >= 15 is 0 Å². The summed E-state index contributed by atoms with van der Waals surface area (Å²) in [6, 6.07) is 2.09. The van der Waals surface area contributed by atoms with Crippen LogP contribution in [0.5, 0.6) is 0 Å². The molecule has 3 fully saturated rings. The van der Waals surface area contributed by atoms with E-state index in [9.17, 15) is 14.4 Å². The Balaban J connectivity index is 1.51. The third kappa shape index (κ3) is 3.99. The number of ether oxygens (including phenoxy) is 1. The number of furan rings is 1. The van der Waals surface area contributed by atoms with Gasteiger partial charge in [-0.2, -0.15) is 0 Å². The van der Waals surface area contributed by atoms with Gasteiger partial charge in [-0.25, -0.2) is 0 Å². The number of Topliss-reactive ketones (excluding diaryl/α,β-unsaturated/α-hetero) is 1. The summed E-state index contributed by atoms with van der Waals surface area (Å²) >= 11 is 0. The maximum atomic E-state index is 13.4. The second-order valence-electron chi connectivity index (χ2n) is 8.18. The molecule has 152 valence electrons. The van der Waals surface area contributed by atoms with Gasteiger partial charge in [0.05, 0.1) is 12.4 Å². The van der Waals surface area contributed by atoms with Crippen LogP contribution in [-0.2, 0) is 14.3 Å². The molecule has 0 radical (unpaired) electrons. The van der Waals surface area contributed by atoms with Gasteiger partial charge < -0.3 is 19.4 Å². The number of carbonyl (C=O) groups excluding carboxylic acids is 3. The average Bonchev–Trinajstić information content (AvgIpc) is 3.38. The van der Waals surface area contributed by atoms with Crippen molar-refractivity contribution in [2.75, 3.05) is 13.2 Å². The van der Waals surface area contributed by atoms with Crippen LogP contribution in [-0.4, -0.2) is 53.8 Å². The minimum atomic E-state index is -0.646. The van der Waals surface area contributed by atoms with E-state index in [1.165, 1.54) is 25.5 Å². The van der Waals surface area contributed by atoms with Crippen LogP contribution in [0.1, 0.15) is 61.9 Å². The quantitative estimate of drug-likeness (QED) is 0.836. The number of rotatable bonds is 5. The van der Waals surface area contributed by atoms with E-state index in [0.29, 0.717) is 18.9 Å². The number of amides is 2. The highest BCUT2D eigenvalue weighted by molar-refractivity contribution is 5.97. The molecule has 3 aliphatic rings. The van der Waals surface area contributed by atoms with E-state index in [1.54, 1.807) is 17.0 Å². The molecule has 3 heterocycles. The van der Waals surface area contributed by atoms with Gasteiger partial charge in [-0.15, -0.1) is 0 Å². The summed E-state index contributed by atoms with van der Waals surface area (Å²) in [4.78, 5) is 40.0. The van der Waals surface area contributed by atoms with Crippen molar-refractivity contribution in [2.45, 2.75) is 69.6 Å². The van der Waals surface area contributed by atoms with Crippen LogP contribution in [0.4, 0.5) is 0 Å². The van der Waals surface area contributed by atoms with Gasteiger partial charge in [-0.3, -0.25) is 14.4 Å². The van der Waals surface area contributed by atoms with Crippen LogP contribution in [0, 0.1) is 5.92 Å². The zero-order valence-electron chi connectivity index (χ0n) is 16.1. The predicted octanol–water partition coefficient (Wildman–Crippen LogP) is 2.31. The molecular weight excluding hydrogens is 360 g/mol. The Morgan fingerprint density at radius 3 is 2.75 bits per heavy atom. The number of hydrogen-bond donors (Lipinski definition) is 1. The van der Waals surface area contributed by atoms with Crippen molar-refractivity contribution in [1.29, 1.82) is 0 Å². The van der Waals surface area contributed by atoms with E-state index in [-0.39, 0.29) is 36.1 Å².